The lowest BCUT2D eigenvalue weighted by Gasteiger charge is -2.33. The summed E-state index contributed by atoms with van der Waals surface area (Å²) in [6.07, 6.45) is 1.33. The van der Waals surface area contributed by atoms with Crippen molar-refractivity contribution < 1.29 is 14.6 Å². The van der Waals surface area contributed by atoms with E-state index in [2.05, 4.69) is 5.32 Å². The molecule has 0 saturated heterocycles. The van der Waals surface area contributed by atoms with Crippen LogP contribution < -0.4 is 10.1 Å². The number of methoxy groups -OCH3 is 1. The predicted molar refractivity (Wildman–Crippen MR) is 65.8 cm³/mol. The number of benzene rings is 1. The Labute approximate surface area is 105 Å². The molecular weight excluding hydrogens is 242 g/mol. The number of halogens is 1. The minimum Gasteiger partial charge on any atom is -0.495 e. The van der Waals surface area contributed by atoms with E-state index in [1.807, 2.05) is 6.07 Å². The molecule has 0 aliphatic heterocycles. The molecule has 17 heavy (non-hydrogen) atoms. The number of anilines is 1. The largest absolute Gasteiger partial charge is 0.495 e. The van der Waals surface area contributed by atoms with Gasteiger partial charge in [-0.05, 0) is 31.0 Å². The standard InChI is InChI=1S/C12H14ClNO3/c1-17-11-3-2-8(6-10(11)13)14-9-4-7(5-9)12(15)16/h2-3,6-7,9,14H,4-5H2,1H3,(H,15,16). The summed E-state index contributed by atoms with van der Waals surface area (Å²) < 4.78 is 5.06. The van der Waals surface area contributed by atoms with Crippen molar-refractivity contribution in [1.82, 2.24) is 0 Å². The van der Waals surface area contributed by atoms with Gasteiger partial charge < -0.3 is 15.2 Å². The van der Waals surface area contributed by atoms with E-state index in [0.29, 0.717) is 23.6 Å². The van der Waals surface area contributed by atoms with E-state index in [4.69, 9.17) is 21.4 Å². The number of rotatable bonds is 4. The van der Waals surface area contributed by atoms with Crippen LogP contribution in [0.4, 0.5) is 5.69 Å². The third kappa shape index (κ3) is 2.64. The molecule has 0 unspecified atom stereocenters. The number of carboxylic acid groups (broad SMARTS) is 1. The van der Waals surface area contributed by atoms with Crippen LogP contribution in [0.5, 0.6) is 5.75 Å². The van der Waals surface area contributed by atoms with E-state index in [1.54, 1.807) is 19.2 Å². The van der Waals surface area contributed by atoms with E-state index in [0.717, 1.165) is 5.69 Å². The SMILES string of the molecule is COc1ccc(NC2CC(C(=O)O)C2)cc1Cl. The third-order valence-corrected chi connectivity index (χ3v) is 3.31. The summed E-state index contributed by atoms with van der Waals surface area (Å²) in [4.78, 5) is 10.7. The maximum absolute atomic E-state index is 10.7. The van der Waals surface area contributed by atoms with Gasteiger partial charge in [-0.2, -0.15) is 0 Å². The quantitative estimate of drug-likeness (QED) is 0.868. The Balaban J connectivity index is 1.92. The molecule has 0 amide bonds. The first-order valence-electron chi connectivity index (χ1n) is 5.43. The Morgan fingerprint density at radius 2 is 2.24 bits per heavy atom. The van der Waals surface area contributed by atoms with Crippen molar-refractivity contribution in [3.63, 3.8) is 0 Å². The van der Waals surface area contributed by atoms with E-state index in [9.17, 15) is 4.79 Å². The highest BCUT2D eigenvalue weighted by molar-refractivity contribution is 6.32. The van der Waals surface area contributed by atoms with Gasteiger partial charge in [0.2, 0.25) is 0 Å². The van der Waals surface area contributed by atoms with Gasteiger partial charge in [-0.25, -0.2) is 0 Å². The smallest absolute Gasteiger partial charge is 0.306 e. The van der Waals surface area contributed by atoms with Gasteiger partial charge in [-0.1, -0.05) is 11.6 Å². The zero-order valence-electron chi connectivity index (χ0n) is 9.44. The molecule has 92 valence electrons. The molecule has 5 heteroatoms. The Bertz CT molecular complexity index is 430. The molecular formula is C12H14ClNO3. The highest BCUT2D eigenvalue weighted by atomic mass is 35.5. The lowest BCUT2D eigenvalue weighted by molar-refractivity contribution is -0.144. The molecule has 2 rings (SSSR count). The van der Waals surface area contributed by atoms with Crippen molar-refractivity contribution in [3.05, 3.63) is 23.2 Å². The molecule has 0 heterocycles. The van der Waals surface area contributed by atoms with Crippen molar-refractivity contribution in [1.29, 1.82) is 0 Å². The molecule has 0 aromatic heterocycles. The highest BCUT2D eigenvalue weighted by Crippen LogP contribution is 2.32. The van der Waals surface area contributed by atoms with Crippen LogP contribution in [0, 0.1) is 5.92 Å². The summed E-state index contributed by atoms with van der Waals surface area (Å²) in [6.45, 7) is 0. The average Bonchev–Trinajstić information content (AvgIpc) is 2.22. The normalized spacial score (nSPS) is 22.7. The van der Waals surface area contributed by atoms with Gasteiger partial charge in [0.15, 0.2) is 0 Å². The van der Waals surface area contributed by atoms with Gasteiger partial charge in [0.1, 0.15) is 5.75 Å². The second-order valence-corrected chi connectivity index (χ2v) is 4.60. The molecule has 1 aromatic rings. The highest BCUT2D eigenvalue weighted by Gasteiger charge is 2.34. The zero-order valence-corrected chi connectivity index (χ0v) is 10.2. The van der Waals surface area contributed by atoms with Crippen LogP contribution in [0.25, 0.3) is 0 Å². The molecule has 4 nitrogen and oxygen atoms in total. The molecule has 1 aliphatic carbocycles. The summed E-state index contributed by atoms with van der Waals surface area (Å²) in [5.74, 6) is -0.286. The Kier molecular flexibility index (Phi) is 3.43. The first-order valence-corrected chi connectivity index (χ1v) is 5.81. The molecule has 0 atom stereocenters. The minimum atomic E-state index is -0.712. The maximum atomic E-state index is 10.7. The van der Waals surface area contributed by atoms with Crippen LogP contribution in [0.2, 0.25) is 5.02 Å². The average molecular weight is 256 g/mol. The fourth-order valence-electron chi connectivity index (χ4n) is 1.93. The van der Waals surface area contributed by atoms with Crippen LogP contribution in [0.1, 0.15) is 12.8 Å². The summed E-state index contributed by atoms with van der Waals surface area (Å²) >= 11 is 5.99. The maximum Gasteiger partial charge on any atom is 0.306 e. The number of ether oxygens (including phenoxy) is 1. The van der Waals surface area contributed by atoms with E-state index in [-0.39, 0.29) is 12.0 Å². The first kappa shape index (κ1) is 12.0. The fraction of sp³-hybridized carbons (Fsp3) is 0.417. The van der Waals surface area contributed by atoms with Gasteiger partial charge in [0.25, 0.3) is 0 Å². The minimum absolute atomic E-state index is 0.207. The Morgan fingerprint density at radius 1 is 1.53 bits per heavy atom. The van der Waals surface area contributed by atoms with Gasteiger partial charge in [-0.3, -0.25) is 4.79 Å². The van der Waals surface area contributed by atoms with Gasteiger partial charge in [0, 0.05) is 11.7 Å². The molecule has 1 aliphatic rings. The first-order chi connectivity index (χ1) is 8.10. The van der Waals surface area contributed by atoms with Crippen LogP contribution in [-0.2, 0) is 4.79 Å². The summed E-state index contributed by atoms with van der Waals surface area (Å²) in [5, 5.41) is 12.6. The van der Waals surface area contributed by atoms with Gasteiger partial charge >= 0.3 is 5.97 Å². The molecule has 0 bridgehead atoms. The molecule has 1 saturated carbocycles. The topological polar surface area (TPSA) is 58.6 Å². The van der Waals surface area contributed by atoms with Crippen LogP contribution in [-0.4, -0.2) is 24.2 Å². The molecule has 1 aromatic carbocycles. The lowest BCUT2D eigenvalue weighted by Crippen LogP contribution is -2.39. The Hall–Kier alpha value is -1.42. The second-order valence-electron chi connectivity index (χ2n) is 4.20. The van der Waals surface area contributed by atoms with Crippen molar-refractivity contribution in [2.75, 3.05) is 12.4 Å². The molecule has 2 N–H and O–H groups in total. The summed E-state index contributed by atoms with van der Waals surface area (Å²) in [6, 6.07) is 5.67. The van der Waals surface area contributed by atoms with Crippen molar-refractivity contribution in [2.24, 2.45) is 5.92 Å². The number of hydrogen-bond donors (Lipinski definition) is 2. The van der Waals surface area contributed by atoms with Gasteiger partial charge in [-0.15, -0.1) is 0 Å². The fourth-order valence-corrected chi connectivity index (χ4v) is 2.19. The van der Waals surface area contributed by atoms with Crippen LogP contribution >= 0.6 is 11.6 Å². The molecule has 1 fully saturated rings. The van der Waals surface area contributed by atoms with Crippen molar-refractivity contribution >= 4 is 23.3 Å². The van der Waals surface area contributed by atoms with E-state index in [1.165, 1.54) is 0 Å². The van der Waals surface area contributed by atoms with Gasteiger partial charge in [0.05, 0.1) is 18.1 Å². The number of aliphatic carboxylic acids is 1. The van der Waals surface area contributed by atoms with Crippen molar-refractivity contribution in [3.8, 4) is 5.75 Å². The zero-order chi connectivity index (χ0) is 12.4. The number of carbonyl (C=O) groups is 1. The number of hydrogen-bond acceptors (Lipinski definition) is 3. The number of carboxylic acids is 1. The summed E-state index contributed by atoms with van der Waals surface area (Å²) in [7, 11) is 1.57. The second kappa shape index (κ2) is 4.84. The van der Waals surface area contributed by atoms with E-state index < -0.39 is 5.97 Å². The monoisotopic (exact) mass is 255 g/mol. The molecule has 0 spiro atoms. The van der Waals surface area contributed by atoms with Crippen LogP contribution in [0.3, 0.4) is 0 Å². The van der Waals surface area contributed by atoms with Crippen LogP contribution in [0.15, 0.2) is 18.2 Å². The number of nitrogens with one attached hydrogen (secondary N) is 1. The predicted octanol–water partition coefficient (Wildman–Crippen LogP) is 2.62. The van der Waals surface area contributed by atoms with Crippen molar-refractivity contribution in [2.45, 2.75) is 18.9 Å². The Morgan fingerprint density at radius 3 is 2.76 bits per heavy atom. The third-order valence-electron chi connectivity index (χ3n) is 3.01. The van der Waals surface area contributed by atoms with E-state index >= 15 is 0 Å². The molecule has 0 radical (unpaired) electrons. The lowest BCUT2D eigenvalue weighted by atomic mass is 9.80. The summed E-state index contributed by atoms with van der Waals surface area (Å²) in [5.41, 5.74) is 0.893.